The number of nitrogens with zero attached hydrogens (tertiary/aromatic N) is 1. The van der Waals surface area contributed by atoms with Crippen LogP contribution in [0.2, 0.25) is 0 Å². The van der Waals surface area contributed by atoms with Gasteiger partial charge in [-0.25, -0.2) is 4.98 Å². The summed E-state index contributed by atoms with van der Waals surface area (Å²) in [4.78, 5) is 17.2. The summed E-state index contributed by atoms with van der Waals surface area (Å²) in [7, 11) is 0. The number of rotatable bonds is 3. The molecule has 0 aliphatic carbocycles. The number of thiazole rings is 1. The third-order valence-corrected chi connectivity index (χ3v) is 5.66. The van der Waals surface area contributed by atoms with Crippen molar-refractivity contribution in [2.75, 3.05) is 5.73 Å². The van der Waals surface area contributed by atoms with Crippen molar-refractivity contribution in [3.8, 4) is 0 Å². The second-order valence-electron chi connectivity index (χ2n) is 4.50. The predicted molar refractivity (Wildman–Crippen MR) is 92.0 cm³/mol. The van der Waals surface area contributed by atoms with Crippen LogP contribution in [-0.2, 0) is 6.54 Å². The van der Waals surface area contributed by atoms with Crippen molar-refractivity contribution in [2.24, 2.45) is 0 Å². The second kappa shape index (κ2) is 5.75. The molecule has 2 heterocycles. The SMILES string of the molecule is Cc1nc(CNC(=O)c2sc3cccc(Br)c3c2N)cs1. The fourth-order valence-electron chi connectivity index (χ4n) is 2.04. The zero-order valence-electron chi connectivity index (χ0n) is 11.1. The van der Waals surface area contributed by atoms with Gasteiger partial charge >= 0.3 is 0 Å². The normalized spacial score (nSPS) is 11.0. The van der Waals surface area contributed by atoms with Gasteiger partial charge in [0.15, 0.2) is 0 Å². The van der Waals surface area contributed by atoms with Crippen LogP contribution in [0.5, 0.6) is 0 Å². The van der Waals surface area contributed by atoms with Gasteiger partial charge in [0, 0.05) is 19.9 Å². The number of benzene rings is 1. The summed E-state index contributed by atoms with van der Waals surface area (Å²) in [5, 5.41) is 6.71. The van der Waals surface area contributed by atoms with Crippen molar-refractivity contribution < 1.29 is 4.79 Å². The number of carbonyl (C=O) groups excluding carboxylic acids is 1. The Balaban J connectivity index is 1.84. The standard InChI is InChI=1S/C14H12BrN3OS2/c1-7-18-8(6-20-7)5-17-14(19)13-12(16)11-9(15)3-2-4-10(11)21-13/h2-4,6H,5,16H2,1H3,(H,17,19). The number of halogens is 1. The van der Waals surface area contributed by atoms with Crippen molar-refractivity contribution in [1.82, 2.24) is 10.3 Å². The smallest absolute Gasteiger partial charge is 0.263 e. The number of nitrogens with one attached hydrogen (secondary N) is 1. The maximum absolute atomic E-state index is 12.3. The molecule has 0 radical (unpaired) electrons. The highest BCUT2D eigenvalue weighted by Crippen LogP contribution is 2.38. The summed E-state index contributed by atoms with van der Waals surface area (Å²) in [5.41, 5.74) is 7.51. The number of carbonyl (C=O) groups is 1. The molecule has 3 aromatic rings. The summed E-state index contributed by atoms with van der Waals surface area (Å²) < 4.78 is 1.90. The van der Waals surface area contributed by atoms with Crippen molar-refractivity contribution in [2.45, 2.75) is 13.5 Å². The van der Waals surface area contributed by atoms with Crippen LogP contribution in [0.25, 0.3) is 10.1 Å². The van der Waals surface area contributed by atoms with E-state index < -0.39 is 0 Å². The van der Waals surface area contributed by atoms with Crippen LogP contribution in [-0.4, -0.2) is 10.9 Å². The molecule has 108 valence electrons. The molecule has 1 aromatic carbocycles. The average Bonchev–Trinajstić information content (AvgIpc) is 3.01. The van der Waals surface area contributed by atoms with Gasteiger partial charge in [-0.05, 0) is 19.1 Å². The van der Waals surface area contributed by atoms with E-state index in [4.69, 9.17) is 5.73 Å². The van der Waals surface area contributed by atoms with Crippen LogP contribution in [0, 0.1) is 6.92 Å². The minimum absolute atomic E-state index is 0.161. The van der Waals surface area contributed by atoms with E-state index in [0.717, 1.165) is 25.3 Å². The lowest BCUT2D eigenvalue weighted by Gasteiger charge is -2.02. The van der Waals surface area contributed by atoms with Crippen LogP contribution >= 0.6 is 38.6 Å². The molecular formula is C14H12BrN3OS2. The Kier molecular flexibility index (Phi) is 3.97. The Hall–Kier alpha value is -1.44. The number of nitrogens with two attached hydrogens (primary N) is 1. The molecule has 7 heteroatoms. The van der Waals surface area contributed by atoms with Crippen LogP contribution in [0.15, 0.2) is 28.1 Å². The minimum atomic E-state index is -0.161. The molecule has 0 aliphatic rings. The molecule has 0 spiro atoms. The monoisotopic (exact) mass is 381 g/mol. The summed E-state index contributed by atoms with van der Waals surface area (Å²) in [5.74, 6) is -0.161. The Labute approximate surface area is 138 Å². The van der Waals surface area contributed by atoms with Gasteiger partial charge in [0.05, 0.1) is 22.9 Å². The van der Waals surface area contributed by atoms with Crippen LogP contribution in [0.4, 0.5) is 5.69 Å². The number of anilines is 1. The first-order chi connectivity index (χ1) is 10.1. The Morgan fingerprint density at radius 1 is 1.48 bits per heavy atom. The van der Waals surface area contributed by atoms with E-state index in [9.17, 15) is 4.79 Å². The van der Waals surface area contributed by atoms with E-state index in [1.807, 2.05) is 30.5 Å². The molecule has 0 aliphatic heterocycles. The number of fused-ring (bicyclic) bond motifs is 1. The van der Waals surface area contributed by atoms with Crippen LogP contribution < -0.4 is 11.1 Å². The van der Waals surface area contributed by atoms with Crippen molar-refractivity contribution in [3.63, 3.8) is 0 Å². The number of amides is 1. The van der Waals surface area contributed by atoms with Crippen molar-refractivity contribution in [1.29, 1.82) is 0 Å². The molecule has 21 heavy (non-hydrogen) atoms. The lowest BCUT2D eigenvalue weighted by atomic mass is 10.2. The van der Waals surface area contributed by atoms with Gasteiger partial charge < -0.3 is 11.1 Å². The maximum atomic E-state index is 12.3. The number of aromatic nitrogens is 1. The third kappa shape index (κ3) is 2.81. The third-order valence-electron chi connectivity index (χ3n) is 3.00. The summed E-state index contributed by atoms with van der Waals surface area (Å²) >= 11 is 6.45. The highest BCUT2D eigenvalue weighted by Gasteiger charge is 2.17. The fourth-order valence-corrected chi connectivity index (χ4v) is 4.43. The van der Waals surface area contributed by atoms with Gasteiger partial charge in [0.2, 0.25) is 0 Å². The molecule has 1 amide bonds. The highest BCUT2D eigenvalue weighted by molar-refractivity contribution is 9.10. The summed E-state index contributed by atoms with van der Waals surface area (Å²) in [6, 6.07) is 5.81. The zero-order valence-corrected chi connectivity index (χ0v) is 14.4. The average molecular weight is 382 g/mol. The molecule has 2 aromatic heterocycles. The van der Waals surface area contributed by atoms with Crippen LogP contribution in [0.3, 0.4) is 0 Å². The highest BCUT2D eigenvalue weighted by atomic mass is 79.9. The molecule has 0 bridgehead atoms. The van der Waals surface area contributed by atoms with E-state index in [0.29, 0.717) is 17.1 Å². The molecule has 0 atom stereocenters. The van der Waals surface area contributed by atoms with Gasteiger partial charge in [-0.1, -0.05) is 22.0 Å². The van der Waals surface area contributed by atoms with Gasteiger partial charge in [-0.3, -0.25) is 4.79 Å². The van der Waals surface area contributed by atoms with Gasteiger partial charge in [-0.2, -0.15) is 0 Å². The molecule has 3 rings (SSSR count). The van der Waals surface area contributed by atoms with Gasteiger partial charge in [-0.15, -0.1) is 22.7 Å². The van der Waals surface area contributed by atoms with Gasteiger partial charge in [0.25, 0.3) is 5.91 Å². The molecule has 0 saturated heterocycles. The number of thiophene rings is 1. The Bertz CT molecular complexity index is 825. The number of aryl methyl sites for hydroxylation is 1. The zero-order chi connectivity index (χ0) is 15.0. The van der Waals surface area contributed by atoms with E-state index in [-0.39, 0.29) is 5.91 Å². The van der Waals surface area contributed by atoms with E-state index >= 15 is 0 Å². The first kappa shape index (κ1) is 14.5. The Morgan fingerprint density at radius 2 is 2.29 bits per heavy atom. The summed E-state index contributed by atoms with van der Waals surface area (Å²) in [6.45, 7) is 2.36. The number of hydrogen-bond donors (Lipinski definition) is 2. The molecule has 4 nitrogen and oxygen atoms in total. The quantitative estimate of drug-likeness (QED) is 0.721. The predicted octanol–water partition coefficient (Wildman–Crippen LogP) is 3.94. The maximum Gasteiger partial charge on any atom is 0.263 e. The first-order valence-electron chi connectivity index (χ1n) is 6.22. The topological polar surface area (TPSA) is 68.0 Å². The fraction of sp³-hybridized carbons (Fsp3) is 0.143. The lowest BCUT2D eigenvalue weighted by Crippen LogP contribution is -2.22. The largest absolute Gasteiger partial charge is 0.397 e. The Morgan fingerprint density at radius 3 is 2.95 bits per heavy atom. The van der Waals surface area contributed by atoms with Crippen LogP contribution in [0.1, 0.15) is 20.4 Å². The molecule has 0 fully saturated rings. The summed E-state index contributed by atoms with van der Waals surface area (Å²) in [6.07, 6.45) is 0. The van der Waals surface area contributed by atoms with Crippen molar-refractivity contribution >= 4 is 60.3 Å². The first-order valence-corrected chi connectivity index (χ1v) is 8.71. The van der Waals surface area contributed by atoms with E-state index in [2.05, 4.69) is 26.2 Å². The number of hydrogen-bond acceptors (Lipinski definition) is 5. The van der Waals surface area contributed by atoms with E-state index in [1.54, 1.807) is 11.3 Å². The number of nitrogen functional groups attached to an aromatic ring is 1. The van der Waals surface area contributed by atoms with Gasteiger partial charge in [0.1, 0.15) is 4.88 Å². The molecule has 3 N–H and O–H groups in total. The van der Waals surface area contributed by atoms with E-state index in [1.165, 1.54) is 11.3 Å². The molecule has 0 unspecified atom stereocenters. The minimum Gasteiger partial charge on any atom is -0.397 e. The molecular weight excluding hydrogens is 370 g/mol. The second-order valence-corrected chi connectivity index (χ2v) is 7.47. The molecule has 0 saturated carbocycles. The van der Waals surface area contributed by atoms with Crippen molar-refractivity contribution in [3.05, 3.63) is 43.6 Å². The lowest BCUT2D eigenvalue weighted by molar-refractivity contribution is 0.0955.